The fraction of sp³-hybridized carbons (Fsp3) is 0. The minimum absolute atomic E-state index is 0.578. The molecule has 6 heteroatoms. The average Bonchev–Trinajstić information content (AvgIpc) is 3.70. The van der Waals surface area contributed by atoms with Crippen molar-refractivity contribution in [1.82, 2.24) is 24.9 Å². The summed E-state index contributed by atoms with van der Waals surface area (Å²) < 4.78 is 2.46. The molecular weight excluding hydrogens is 739 g/mol. The largest absolute Gasteiger partial charge is 0.228 e. The molecule has 0 atom stereocenters. The molecule has 276 valence electrons. The van der Waals surface area contributed by atoms with Crippen LogP contribution in [0.25, 0.3) is 110 Å². The van der Waals surface area contributed by atoms with Gasteiger partial charge in [-0.15, -0.1) is 11.3 Å². The van der Waals surface area contributed by atoms with E-state index in [1.807, 2.05) is 48.5 Å². The van der Waals surface area contributed by atoms with Gasteiger partial charge in [0.05, 0.1) is 11.4 Å². The highest BCUT2D eigenvalue weighted by molar-refractivity contribution is 7.25. The van der Waals surface area contributed by atoms with Gasteiger partial charge in [-0.25, -0.2) is 24.9 Å². The highest BCUT2D eigenvalue weighted by Crippen LogP contribution is 2.37. The molecule has 59 heavy (non-hydrogen) atoms. The zero-order valence-electron chi connectivity index (χ0n) is 31.7. The van der Waals surface area contributed by atoms with Crippen LogP contribution in [0.4, 0.5) is 0 Å². The molecule has 0 aliphatic heterocycles. The van der Waals surface area contributed by atoms with Crippen LogP contribution in [0.5, 0.6) is 0 Å². The maximum Gasteiger partial charge on any atom is 0.164 e. The highest BCUT2D eigenvalue weighted by Gasteiger charge is 2.17. The van der Waals surface area contributed by atoms with Crippen molar-refractivity contribution in [2.45, 2.75) is 0 Å². The van der Waals surface area contributed by atoms with Gasteiger partial charge in [0.2, 0.25) is 0 Å². The lowest BCUT2D eigenvalue weighted by atomic mass is 10.0. The summed E-state index contributed by atoms with van der Waals surface area (Å²) in [4.78, 5) is 25.7. The van der Waals surface area contributed by atoms with E-state index in [9.17, 15) is 0 Å². The predicted molar refractivity (Wildman–Crippen MR) is 244 cm³/mol. The minimum atomic E-state index is 0.578. The van der Waals surface area contributed by atoms with Gasteiger partial charge in [-0.3, -0.25) is 0 Å². The Morgan fingerprint density at radius 1 is 0.254 bits per heavy atom. The molecule has 11 aromatic rings. The van der Waals surface area contributed by atoms with Crippen molar-refractivity contribution in [2.24, 2.45) is 0 Å². The Morgan fingerprint density at radius 3 is 1.49 bits per heavy atom. The van der Waals surface area contributed by atoms with Gasteiger partial charge >= 0.3 is 0 Å². The number of hydrogen-bond acceptors (Lipinski definition) is 6. The molecule has 0 bridgehead atoms. The van der Waals surface area contributed by atoms with Crippen molar-refractivity contribution in [3.63, 3.8) is 0 Å². The Balaban J connectivity index is 1.04. The van der Waals surface area contributed by atoms with Crippen molar-refractivity contribution in [3.8, 4) is 79.2 Å². The van der Waals surface area contributed by atoms with Crippen LogP contribution in [-0.4, -0.2) is 24.9 Å². The van der Waals surface area contributed by atoms with E-state index >= 15 is 0 Å². The van der Waals surface area contributed by atoms with Gasteiger partial charge in [-0.1, -0.05) is 170 Å². The molecule has 0 unspecified atom stereocenters. The molecule has 0 amide bonds. The van der Waals surface area contributed by atoms with Crippen LogP contribution in [0.15, 0.2) is 200 Å². The third-order valence-corrected chi connectivity index (χ3v) is 11.9. The lowest BCUT2D eigenvalue weighted by Gasteiger charge is -2.12. The number of benzene rings is 8. The van der Waals surface area contributed by atoms with Gasteiger partial charge in [0.15, 0.2) is 23.3 Å². The Kier molecular flexibility index (Phi) is 8.60. The van der Waals surface area contributed by atoms with Crippen LogP contribution >= 0.6 is 11.3 Å². The summed E-state index contributed by atoms with van der Waals surface area (Å²) in [5.74, 6) is 2.43. The van der Waals surface area contributed by atoms with Crippen LogP contribution in [0.3, 0.4) is 0 Å². The van der Waals surface area contributed by atoms with Gasteiger partial charge in [-0.05, 0) is 52.2 Å². The second kappa shape index (κ2) is 14.7. The summed E-state index contributed by atoms with van der Waals surface area (Å²) in [6, 6.07) is 69.4. The number of aromatic nitrogens is 5. The summed E-state index contributed by atoms with van der Waals surface area (Å²) >= 11 is 1.79. The maximum atomic E-state index is 5.22. The Labute approximate surface area is 345 Å². The van der Waals surface area contributed by atoms with Crippen molar-refractivity contribution in [3.05, 3.63) is 200 Å². The van der Waals surface area contributed by atoms with Gasteiger partial charge in [0, 0.05) is 53.6 Å². The molecule has 0 aliphatic carbocycles. The van der Waals surface area contributed by atoms with Crippen LogP contribution in [0.2, 0.25) is 0 Å². The van der Waals surface area contributed by atoms with Gasteiger partial charge in [0.25, 0.3) is 0 Å². The molecule has 3 aromatic heterocycles. The SMILES string of the molecule is c1ccc(-c2ccc(-c3cc(-c4ccc5ccccc5c4)nc(-c4cccc(-c5nc(-c6ccccc6)nc(-c6ccc7c(c6)sc6ccccc67)n5)c4)n3)cc2)cc1. The molecule has 0 saturated carbocycles. The lowest BCUT2D eigenvalue weighted by molar-refractivity contribution is 1.07. The maximum absolute atomic E-state index is 5.22. The molecule has 11 rings (SSSR count). The molecule has 0 fully saturated rings. The standard InChI is InChI=1S/C53H33N5S/c1-3-12-34(13-4-1)36-22-25-37(26-23-36)46-33-47(40-27-24-35-14-7-8-17-39(35)30-40)55-51(54-46)41-18-11-19-42(31-41)52-56-50(38-15-5-2-6-16-38)57-53(58-52)43-28-29-45-44-20-9-10-21-48(44)59-49(45)32-43/h1-33H. The molecule has 0 radical (unpaired) electrons. The minimum Gasteiger partial charge on any atom is -0.228 e. The van der Waals surface area contributed by atoms with E-state index in [-0.39, 0.29) is 0 Å². The number of hydrogen-bond donors (Lipinski definition) is 0. The summed E-state index contributed by atoms with van der Waals surface area (Å²) in [5, 5.41) is 4.84. The number of thiophene rings is 1. The van der Waals surface area contributed by atoms with Crippen LogP contribution in [-0.2, 0) is 0 Å². The quantitative estimate of drug-likeness (QED) is 0.161. The molecule has 0 aliphatic rings. The topological polar surface area (TPSA) is 64.5 Å². The molecule has 0 saturated heterocycles. The summed E-state index contributed by atoms with van der Waals surface area (Å²) in [6.45, 7) is 0. The average molecular weight is 772 g/mol. The lowest BCUT2D eigenvalue weighted by Crippen LogP contribution is -2.00. The van der Waals surface area contributed by atoms with E-state index in [1.165, 1.54) is 31.1 Å². The van der Waals surface area contributed by atoms with Crippen LogP contribution in [0.1, 0.15) is 0 Å². The Morgan fingerprint density at radius 2 is 0.746 bits per heavy atom. The first kappa shape index (κ1) is 34.6. The second-order valence-corrected chi connectivity index (χ2v) is 15.6. The highest BCUT2D eigenvalue weighted by atomic mass is 32.1. The van der Waals surface area contributed by atoms with E-state index < -0.39 is 0 Å². The summed E-state index contributed by atoms with van der Waals surface area (Å²) in [5.41, 5.74) is 9.62. The zero-order valence-corrected chi connectivity index (χ0v) is 32.5. The molecule has 0 N–H and O–H groups in total. The van der Waals surface area contributed by atoms with E-state index in [4.69, 9.17) is 24.9 Å². The smallest absolute Gasteiger partial charge is 0.164 e. The summed E-state index contributed by atoms with van der Waals surface area (Å²) in [6.07, 6.45) is 0. The van der Waals surface area contributed by atoms with E-state index in [1.54, 1.807) is 11.3 Å². The van der Waals surface area contributed by atoms with Crippen molar-refractivity contribution in [2.75, 3.05) is 0 Å². The van der Waals surface area contributed by atoms with Gasteiger partial charge in [-0.2, -0.15) is 0 Å². The monoisotopic (exact) mass is 771 g/mol. The van der Waals surface area contributed by atoms with E-state index in [0.717, 1.165) is 55.7 Å². The fourth-order valence-electron chi connectivity index (χ4n) is 7.70. The first-order valence-corrected chi connectivity index (χ1v) is 20.4. The molecular formula is C53H33N5S. The second-order valence-electron chi connectivity index (χ2n) is 14.5. The van der Waals surface area contributed by atoms with E-state index in [2.05, 4.69) is 152 Å². The predicted octanol–water partition coefficient (Wildman–Crippen LogP) is 13.9. The van der Waals surface area contributed by atoms with Crippen LogP contribution in [0, 0.1) is 0 Å². The number of nitrogens with zero attached hydrogens (tertiary/aromatic N) is 5. The van der Waals surface area contributed by atoms with Crippen molar-refractivity contribution in [1.29, 1.82) is 0 Å². The molecule has 3 heterocycles. The van der Waals surface area contributed by atoms with Crippen molar-refractivity contribution >= 4 is 42.3 Å². The van der Waals surface area contributed by atoms with E-state index in [0.29, 0.717) is 23.3 Å². The van der Waals surface area contributed by atoms with Gasteiger partial charge in [0.1, 0.15) is 0 Å². The number of rotatable bonds is 7. The van der Waals surface area contributed by atoms with Crippen molar-refractivity contribution < 1.29 is 0 Å². The fourth-order valence-corrected chi connectivity index (χ4v) is 8.84. The molecule has 8 aromatic carbocycles. The normalized spacial score (nSPS) is 11.4. The third kappa shape index (κ3) is 6.71. The molecule has 0 spiro atoms. The zero-order chi connectivity index (χ0) is 39.1. The molecule has 5 nitrogen and oxygen atoms in total. The van der Waals surface area contributed by atoms with Crippen LogP contribution < -0.4 is 0 Å². The summed E-state index contributed by atoms with van der Waals surface area (Å²) in [7, 11) is 0. The first-order chi connectivity index (χ1) is 29.2. The number of fused-ring (bicyclic) bond motifs is 4. The Bertz CT molecular complexity index is 3320. The third-order valence-electron chi connectivity index (χ3n) is 10.7. The Hall–Kier alpha value is -7.67. The van der Waals surface area contributed by atoms with Gasteiger partial charge < -0.3 is 0 Å². The first-order valence-electron chi connectivity index (χ1n) is 19.6.